The van der Waals surface area contributed by atoms with Crippen LogP contribution >= 0.6 is 31.9 Å². The summed E-state index contributed by atoms with van der Waals surface area (Å²) in [5.74, 6) is 0.449. The monoisotopic (exact) mass is 600 g/mol. The first-order valence-electron chi connectivity index (χ1n) is 11.6. The lowest BCUT2D eigenvalue weighted by Gasteiger charge is -2.15. The number of ether oxygens (including phenoxy) is 3. The lowest BCUT2D eigenvalue weighted by Crippen LogP contribution is -2.28. The lowest BCUT2D eigenvalue weighted by atomic mass is 10.0. The third-order valence-electron chi connectivity index (χ3n) is 5.44. The number of carbonyl (C=O) groups is 1. The molecule has 0 saturated heterocycles. The Morgan fingerprint density at radius 2 is 1.54 bits per heavy atom. The summed E-state index contributed by atoms with van der Waals surface area (Å²) < 4.78 is 18.6. The first kappa shape index (κ1) is 27.2. The zero-order valence-corrected chi connectivity index (χ0v) is 23.4. The summed E-state index contributed by atoms with van der Waals surface area (Å²) >= 11 is 7.10. The molecule has 0 bridgehead atoms. The van der Waals surface area contributed by atoms with Crippen LogP contribution in [-0.2, 0) is 20.7 Å². The minimum Gasteiger partial charge on any atom is -0.490 e. The Labute approximate surface area is 224 Å². The molecule has 184 valence electrons. The number of benzene rings is 3. The van der Waals surface area contributed by atoms with E-state index in [1.165, 1.54) is 0 Å². The van der Waals surface area contributed by atoms with Crippen molar-refractivity contribution in [2.45, 2.75) is 33.3 Å². The van der Waals surface area contributed by atoms with Crippen LogP contribution in [0.15, 0.2) is 81.8 Å². The van der Waals surface area contributed by atoms with Crippen molar-refractivity contribution >= 4 is 43.4 Å². The molecule has 0 aliphatic heterocycles. The van der Waals surface area contributed by atoms with Gasteiger partial charge >= 0.3 is 5.97 Å². The van der Waals surface area contributed by atoms with Gasteiger partial charge in [-0.15, -0.1) is 0 Å². The highest BCUT2D eigenvalue weighted by atomic mass is 79.9. The number of hydrogen-bond acceptors (Lipinski definition) is 4. The molecule has 3 aromatic rings. The van der Waals surface area contributed by atoms with Gasteiger partial charge < -0.3 is 14.2 Å². The molecule has 0 amide bonds. The molecule has 0 heterocycles. The van der Waals surface area contributed by atoms with Gasteiger partial charge in [0.05, 0.1) is 6.61 Å². The van der Waals surface area contributed by atoms with Crippen LogP contribution in [0.25, 0.3) is 16.7 Å². The summed E-state index contributed by atoms with van der Waals surface area (Å²) in [7, 11) is 0. The molecule has 0 spiro atoms. The molecule has 35 heavy (non-hydrogen) atoms. The average Bonchev–Trinajstić information content (AvgIpc) is 2.84. The second-order valence-corrected chi connectivity index (χ2v) is 9.81. The van der Waals surface area contributed by atoms with E-state index in [1.807, 2.05) is 37.3 Å². The first-order valence-corrected chi connectivity index (χ1v) is 13.2. The summed E-state index contributed by atoms with van der Waals surface area (Å²) in [6.45, 7) is 7.02. The number of halogens is 2. The minimum absolute atomic E-state index is 0.326. The predicted octanol–water partition coefficient (Wildman–Crippen LogP) is 7.87. The Hall–Kier alpha value is -2.41. The molecular weight excluding hydrogens is 572 g/mol. The normalized spacial score (nSPS) is 12.3. The second-order valence-electron chi connectivity index (χ2n) is 7.98. The van der Waals surface area contributed by atoms with Gasteiger partial charge in [0, 0.05) is 22.0 Å². The van der Waals surface area contributed by atoms with Crippen molar-refractivity contribution in [3.63, 3.8) is 0 Å². The van der Waals surface area contributed by atoms with Crippen molar-refractivity contribution in [3.05, 3.63) is 92.9 Å². The van der Waals surface area contributed by atoms with Crippen LogP contribution in [0.1, 0.15) is 31.9 Å². The number of esters is 1. The van der Waals surface area contributed by atoms with E-state index in [-0.39, 0.29) is 5.97 Å². The van der Waals surface area contributed by atoms with Crippen LogP contribution in [0.4, 0.5) is 0 Å². The van der Waals surface area contributed by atoms with E-state index < -0.39 is 6.10 Å². The minimum atomic E-state index is -0.589. The molecule has 0 aliphatic rings. The fraction of sp³-hybridized carbons (Fsp3) is 0.276. The van der Waals surface area contributed by atoms with Crippen LogP contribution in [0.2, 0.25) is 0 Å². The molecule has 4 nitrogen and oxygen atoms in total. The molecule has 0 aromatic heterocycles. The number of carbonyl (C=O) groups excluding carboxylic acids is 1. The molecule has 0 N–H and O–H groups in total. The van der Waals surface area contributed by atoms with E-state index >= 15 is 0 Å². The van der Waals surface area contributed by atoms with E-state index in [2.05, 4.69) is 81.3 Å². The molecule has 3 aromatic carbocycles. The maximum Gasteiger partial charge on any atom is 0.335 e. The second kappa shape index (κ2) is 13.6. The average molecular weight is 602 g/mol. The van der Waals surface area contributed by atoms with E-state index in [1.54, 1.807) is 6.92 Å². The quantitative estimate of drug-likeness (QED) is 0.210. The number of allylic oxidation sites excluding steroid dienone is 1. The largest absolute Gasteiger partial charge is 0.490 e. The summed E-state index contributed by atoms with van der Waals surface area (Å²) in [6.07, 6.45) is 1.96. The Bertz CT molecular complexity index is 1120. The molecule has 1 atom stereocenters. The highest BCUT2D eigenvalue weighted by Crippen LogP contribution is 2.28. The van der Waals surface area contributed by atoms with Gasteiger partial charge in [-0.1, -0.05) is 68.3 Å². The molecule has 0 saturated carbocycles. The van der Waals surface area contributed by atoms with Gasteiger partial charge in [0.25, 0.3) is 0 Å². The van der Waals surface area contributed by atoms with Crippen LogP contribution < -0.4 is 4.74 Å². The van der Waals surface area contributed by atoms with Crippen molar-refractivity contribution in [2.24, 2.45) is 0 Å². The van der Waals surface area contributed by atoms with Gasteiger partial charge in [0.2, 0.25) is 0 Å². The van der Waals surface area contributed by atoms with Gasteiger partial charge in [0.15, 0.2) is 6.10 Å². The maximum absolute atomic E-state index is 12.1. The van der Waals surface area contributed by atoms with Gasteiger partial charge in [0.1, 0.15) is 12.4 Å². The van der Waals surface area contributed by atoms with Crippen LogP contribution in [0.3, 0.4) is 0 Å². The lowest BCUT2D eigenvalue weighted by molar-refractivity contribution is -0.156. The maximum atomic E-state index is 12.1. The van der Waals surface area contributed by atoms with Gasteiger partial charge in [-0.2, -0.15) is 0 Å². The third kappa shape index (κ3) is 8.34. The van der Waals surface area contributed by atoms with Crippen molar-refractivity contribution in [1.82, 2.24) is 0 Å². The summed E-state index contributed by atoms with van der Waals surface area (Å²) in [6, 6.07) is 22.5. The molecule has 0 aliphatic carbocycles. The number of hydrogen-bond donors (Lipinski definition) is 0. The van der Waals surface area contributed by atoms with Gasteiger partial charge in [-0.05, 0) is 85.0 Å². The summed E-state index contributed by atoms with van der Waals surface area (Å²) in [4.78, 5) is 12.1. The van der Waals surface area contributed by atoms with Gasteiger partial charge in [-0.25, -0.2) is 4.79 Å². The summed E-state index contributed by atoms with van der Waals surface area (Å²) in [5.41, 5.74) is 5.61. The van der Waals surface area contributed by atoms with E-state index in [4.69, 9.17) is 14.2 Å². The van der Waals surface area contributed by atoms with E-state index in [0.717, 1.165) is 42.5 Å². The van der Waals surface area contributed by atoms with E-state index in [9.17, 15) is 4.79 Å². The standard InChI is InChI=1S/C29H30Br2O4/c1-4-33-28(29(32)34-5-2)16-21-6-12-27(13-7-21)35-15-14-20(3)22-8-10-23(11-9-22)24-17-25(30)19-26(31)18-24/h6-14,17-19,28H,4-5,15-16H2,1-3H3/b20-14+/t28-/m0/s1. The topological polar surface area (TPSA) is 44.8 Å². The van der Waals surface area contributed by atoms with Gasteiger partial charge in [-0.3, -0.25) is 0 Å². The zero-order valence-electron chi connectivity index (χ0n) is 20.2. The molecule has 6 heteroatoms. The van der Waals surface area contributed by atoms with Crippen molar-refractivity contribution in [1.29, 1.82) is 0 Å². The Balaban J connectivity index is 1.56. The highest BCUT2D eigenvalue weighted by molar-refractivity contribution is 9.11. The molecule has 0 unspecified atom stereocenters. The zero-order chi connectivity index (χ0) is 25.2. The third-order valence-corrected chi connectivity index (χ3v) is 6.35. The highest BCUT2D eigenvalue weighted by Gasteiger charge is 2.20. The predicted molar refractivity (Wildman–Crippen MR) is 149 cm³/mol. The summed E-state index contributed by atoms with van der Waals surface area (Å²) in [5, 5.41) is 0. The molecule has 3 rings (SSSR count). The smallest absolute Gasteiger partial charge is 0.335 e. The first-order chi connectivity index (χ1) is 16.9. The number of rotatable bonds is 11. The van der Waals surface area contributed by atoms with Crippen LogP contribution in [0.5, 0.6) is 5.75 Å². The fourth-order valence-corrected chi connectivity index (χ4v) is 4.90. The Kier molecular flexibility index (Phi) is 10.6. The van der Waals surface area contributed by atoms with Crippen molar-refractivity contribution in [2.75, 3.05) is 19.8 Å². The van der Waals surface area contributed by atoms with Crippen LogP contribution in [-0.4, -0.2) is 31.9 Å². The Morgan fingerprint density at radius 3 is 2.14 bits per heavy atom. The van der Waals surface area contributed by atoms with Crippen molar-refractivity contribution < 1.29 is 19.0 Å². The fourth-order valence-electron chi connectivity index (χ4n) is 3.61. The van der Waals surface area contributed by atoms with Crippen LogP contribution in [0, 0.1) is 0 Å². The molecule has 0 radical (unpaired) electrons. The molecule has 0 fully saturated rings. The molecular formula is C29H30Br2O4. The SMILES string of the molecule is CCOC(=O)[C@H](Cc1ccc(OC/C=C(\C)c2ccc(-c3cc(Br)cc(Br)c3)cc2)cc1)OCC. The Morgan fingerprint density at radius 1 is 0.886 bits per heavy atom. The van der Waals surface area contributed by atoms with Crippen molar-refractivity contribution in [3.8, 4) is 16.9 Å². The van der Waals surface area contributed by atoms with E-state index in [0.29, 0.717) is 26.2 Å².